The van der Waals surface area contributed by atoms with Crippen LogP contribution in [0.15, 0.2) is 42.5 Å². The van der Waals surface area contributed by atoms with Gasteiger partial charge in [0.25, 0.3) is 11.8 Å². The van der Waals surface area contributed by atoms with Crippen molar-refractivity contribution in [1.82, 2.24) is 10.3 Å². The number of hydrogen-bond donors (Lipinski definition) is 2. The van der Waals surface area contributed by atoms with Crippen LogP contribution in [0, 0.1) is 0 Å². The third kappa shape index (κ3) is 6.02. The zero-order valence-electron chi connectivity index (χ0n) is 16.8. The van der Waals surface area contributed by atoms with Gasteiger partial charge in [0.1, 0.15) is 11.4 Å². The number of ether oxygens (including phenoxy) is 1. The number of rotatable bonds is 8. The van der Waals surface area contributed by atoms with Gasteiger partial charge < -0.3 is 20.3 Å². The number of nitrogens with zero attached hydrogens (tertiary/aromatic N) is 2. The number of aromatic nitrogens is 1. The molecule has 0 spiro atoms. The summed E-state index contributed by atoms with van der Waals surface area (Å²) < 4.78 is 4.96. The van der Waals surface area contributed by atoms with Crippen molar-refractivity contribution in [2.45, 2.75) is 25.7 Å². The van der Waals surface area contributed by atoms with Gasteiger partial charge in [-0.1, -0.05) is 6.07 Å². The van der Waals surface area contributed by atoms with E-state index in [0.29, 0.717) is 18.8 Å². The lowest BCUT2D eigenvalue weighted by Crippen LogP contribution is -2.29. The Morgan fingerprint density at radius 2 is 1.69 bits per heavy atom. The molecule has 29 heavy (non-hydrogen) atoms. The van der Waals surface area contributed by atoms with Crippen molar-refractivity contribution in [2.75, 3.05) is 43.6 Å². The Labute approximate surface area is 171 Å². The van der Waals surface area contributed by atoms with Crippen molar-refractivity contribution in [3.8, 4) is 0 Å². The zero-order chi connectivity index (χ0) is 20.5. The van der Waals surface area contributed by atoms with E-state index in [4.69, 9.17) is 4.74 Å². The van der Waals surface area contributed by atoms with Crippen LogP contribution in [0.3, 0.4) is 0 Å². The maximum atomic E-state index is 12.5. The number of carbonyl (C=O) groups is 2. The normalized spacial score (nSPS) is 13.8. The maximum absolute atomic E-state index is 12.5. The number of benzene rings is 1. The zero-order valence-corrected chi connectivity index (χ0v) is 16.8. The molecule has 2 aromatic rings. The molecule has 154 valence electrons. The Morgan fingerprint density at radius 1 is 1.00 bits per heavy atom. The first-order chi connectivity index (χ1) is 14.2. The average molecular weight is 396 g/mol. The fourth-order valence-electron chi connectivity index (χ4n) is 3.30. The molecule has 1 aromatic heterocycles. The molecule has 1 aromatic carbocycles. The summed E-state index contributed by atoms with van der Waals surface area (Å²) >= 11 is 0. The van der Waals surface area contributed by atoms with Crippen molar-refractivity contribution in [3.05, 3.63) is 53.9 Å². The molecule has 1 saturated heterocycles. The van der Waals surface area contributed by atoms with Crippen LogP contribution < -0.4 is 15.5 Å². The van der Waals surface area contributed by atoms with Gasteiger partial charge in [0.05, 0.1) is 0 Å². The second kappa shape index (κ2) is 10.6. The summed E-state index contributed by atoms with van der Waals surface area (Å²) in [6.45, 7) is 3.23. The molecule has 2 amide bonds. The second-order valence-corrected chi connectivity index (χ2v) is 7.06. The van der Waals surface area contributed by atoms with Crippen molar-refractivity contribution < 1.29 is 14.3 Å². The highest BCUT2D eigenvalue weighted by molar-refractivity contribution is 6.03. The molecule has 0 unspecified atom stereocenters. The molecular formula is C22H28N4O3. The first-order valence-electron chi connectivity index (χ1n) is 10.1. The lowest BCUT2D eigenvalue weighted by atomic mass is 10.1. The van der Waals surface area contributed by atoms with Gasteiger partial charge in [0.2, 0.25) is 0 Å². The van der Waals surface area contributed by atoms with Crippen LogP contribution in [0.4, 0.5) is 11.4 Å². The van der Waals surface area contributed by atoms with E-state index in [0.717, 1.165) is 19.5 Å². The van der Waals surface area contributed by atoms with Crippen molar-refractivity contribution in [1.29, 1.82) is 0 Å². The number of methoxy groups -OCH3 is 1. The Bertz CT molecular complexity index is 817. The molecule has 2 N–H and O–H groups in total. The van der Waals surface area contributed by atoms with Crippen LogP contribution in [-0.2, 0) is 4.74 Å². The number of anilines is 2. The fraction of sp³-hybridized carbons (Fsp3) is 0.409. The quantitative estimate of drug-likeness (QED) is 0.670. The molecule has 0 bridgehead atoms. The molecule has 0 aliphatic carbocycles. The van der Waals surface area contributed by atoms with Gasteiger partial charge in [-0.3, -0.25) is 9.59 Å². The Hall–Kier alpha value is -2.93. The minimum absolute atomic E-state index is 0.203. The first kappa shape index (κ1) is 20.8. The van der Waals surface area contributed by atoms with Crippen molar-refractivity contribution >= 4 is 23.2 Å². The molecule has 0 atom stereocenters. The largest absolute Gasteiger partial charge is 0.385 e. The molecule has 0 radical (unpaired) electrons. The van der Waals surface area contributed by atoms with Crippen LogP contribution in [0.1, 0.15) is 46.7 Å². The lowest BCUT2D eigenvalue weighted by Gasteiger charge is -2.28. The van der Waals surface area contributed by atoms with Crippen LogP contribution in [0.5, 0.6) is 0 Å². The van der Waals surface area contributed by atoms with Crippen molar-refractivity contribution in [3.63, 3.8) is 0 Å². The van der Waals surface area contributed by atoms with E-state index in [1.807, 2.05) is 24.3 Å². The van der Waals surface area contributed by atoms with Gasteiger partial charge >= 0.3 is 0 Å². The van der Waals surface area contributed by atoms with Gasteiger partial charge in [-0.15, -0.1) is 0 Å². The standard InChI is InChI=1S/C22H28N4O3/c1-29-16-6-13-23-21(27)19-7-5-8-20(25-19)22(28)24-17-9-11-18(12-10-17)26-14-3-2-4-15-26/h5,7-12H,2-4,6,13-16H2,1H3,(H,23,27)(H,24,28). The summed E-state index contributed by atoms with van der Waals surface area (Å²) in [5.41, 5.74) is 2.30. The van der Waals surface area contributed by atoms with Crippen molar-refractivity contribution in [2.24, 2.45) is 0 Å². The number of carbonyl (C=O) groups excluding carboxylic acids is 2. The third-order valence-electron chi connectivity index (χ3n) is 4.87. The minimum atomic E-state index is -0.343. The summed E-state index contributed by atoms with van der Waals surface area (Å²) in [5, 5.41) is 5.62. The van der Waals surface area contributed by atoms with E-state index in [-0.39, 0.29) is 23.2 Å². The molecule has 7 heteroatoms. The van der Waals surface area contributed by atoms with Crippen LogP contribution in [0.25, 0.3) is 0 Å². The third-order valence-corrected chi connectivity index (χ3v) is 4.87. The highest BCUT2D eigenvalue weighted by atomic mass is 16.5. The summed E-state index contributed by atoms with van der Waals surface area (Å²) in [4.78, 5) is 31.3. The molecule has 1 aliphatic heterocycles. The predicted molar refractivity (Wildman–Crippen MR) is 114 cm³/mol. The Kier molecular flexibility index (Phi) is 7.58. The predicted octanol–water partition coefficient (Wildman–Crippen LogP) is 3.09. The summed E-state index contributed by atoms with van der Waals surface area (Å²) in [7, 11) is 1.62. The highest BCUT2D eigenvalue weighted by Gasteiger charge is 2.14. The van der Waals surface area contributed by atoms with Crippen LogP contribution in [-0.4, -0.2) is 50.1 Å². The number of hydrogen-bond acceptors (Lipinski definition) is 5. The smallest absolute Gasteiger partial charge is 0.274 e. The molecule has 7 nitrogen and oxygen atoms in total. The molecule has 1 aliphatic rings. The maximum Gasteiger partial charge on any atom is 0.274 e. The monoisotopic (exact) mass is 396 g/mol. The van der Waals surface area contributed by atoms with Gasteiger partial charge in [0, 0.05) is 44.7 Å². The summed E-state index contributed by atoms with van der Waals surface area (Å²) in [6, 6.07) is 12.7. The van der Waals surface area contributed by atoms with Gasteiger partial charge in [-0.2, -0.15) is 0 Å². The number of amides is 2. The fourth-order valence-corrected chi connectivity index (χ4v) is 3.30. The number of pyridine rings is 1. The first-order valence-corrected chi connectivity index (χ1v) is 10.1. The van der Waals surface area contributed by atoms with E-state index < -0.39 is 0 Å². The summed E-state index contributed by atoms with van der Waals surface area (Å²) in [6.07, 6.45) is 4.46. The molecule has 0 saturated carbocycles. The average Bonchev–Trinajstić information content (AvgIpc) is 2.78. The Morgan fingerprint density at radius 3 is 2.38 bits per heavy atom. The van der Waals surface area contributed by atoms with Gasteiger partial charge in [0.15, 0.2) is 0 Å². The molecule has 1 fully saturated rings. The second-order valence-electron chi connectivity index (χ2n) is 7.06. The SMILES string of the molecule is COCCCNC(=O)c1cccc(C(=O)Nc2ccc(N3CCCCC3)cc2)n1. The number of nitrogens with one attached hydrogen (secondary N) is 2. The number of piperidine rings is 1. The molecule has 3 rings (SSSR count). The van der Waals surface area contributed by atoms with E-state index in [9.17, 15) is 9.59 Å². The Balaban J connectivity index is 1.58. The highest BCUT2D eigenvalue weighted by Crippen LogP contribution is 2.22. The van der Waals surface area contributed by atoms with Crippen LogP contribution in [0.2, 0.25) is 0 Å². The minimum Gasteiger partial charge on any atom is -0.385 e. The van der Waals surface area contributed by atoms with E-state index >= 15 is 0 Å². The molecule has 2 heterocycles. The summed E-state index contributed by atoms with van der Waals surface area (Å²) in [5.74, 6) is -0.647. The van der Waals surface area contributed by atoms with E-state index in [1.165, 1.54) is 24.9 Å². The van der Waals surface area contributed by atoms with E-state index in [1.54, 1.807) is 25.3 Å². The van der Waals surface area contributed by atoms with Gasteiger partial charge in [-0.05, 0) is 62.1 Å². The van der Waals surface area contributed by atoms with Gasteiger partial charge in [-0.25, -0.2) is 4.98 Å². The topological polar surface area (TPSA) is 83.6 Å². The lowest BCUT2D eigenvalue weighted by molar-refractivity contribution is 0.0943. The van der Waals surface area contributed by atoms with E-state index in [2.05, 4.69) is 20.5 Å². The molecular weight excluding hydrogens is 368 g/mol. The van der Waals surface area contributed by atoms with Crippen LogP contribution >= 0.6 is 0 Å².